The van der Waals surface area contributed by atoms with E-state index in [9.17, 15) is 0 Å². The molecule has 0 aromatic carbocycles. The van der Waals surface area contributed by atoms with Gasteiger partial charge >= 0.3 is 0 Å². The summed E-state index contributed by atoms with van der Waals surface area (Å²) in [5.74, 6) is 0.975. The molecule has 0 bridgehead atoms. The average molecular weight is 185 g/mol. The van der Waals surface area contributed by atoms with E-state index in [1.54, 1.807) is 0 Å². The number of likely N-dealkylation sites (tertiary alicyclic amines) is 1. The summed E-state index contributed by atoms with van der Waals surface area (Å²) in [5.41, 5.74) is 0. The summed E-state index contributed by atoms with van der Waals surface area (Å²) in [5, 5.41) is 0. The summed E-state index contributed by atoms with van der Waals surface area (Å²) >= 11 is 0. The molecule has 2 heteroatoms. The standard InChI is InChI=1S/C10H23NSi/c1-10-5-7-11(8-6-10)9-12(2,3)4/h10H,5-9H2,1-4H3. The summed E-state index contributed by atoms with van der Waals surface area (Å²) in [6.07, 6.45) is 4.24. The molecule has 1 nitrogen and oxygen atoms in total. The van der Waals surface area contributed by atoms with Crippen molar-refractivity contribution in [1.29, 1.82) is 0 Å². The van der Waals surface area contributed by atoms with E-state index < -0.39 is 8.07 Å². The minimum absolute atomic E-state index is 0.841. The van der Waals surface area contributed by atoms with Gasteiger partial charge in [0.05, 0.1) is 8.07 Å². The van der Waals surface area contributed by atoms with Crippen LogP contribution in [0.5, 0.6) is 0 Å². The third kappa shape index (κ3) is 3.72. The Kier molecular flexibility index (Phi) is 3.35. The molecule has 1 heterocycles. The van der Waals surface area contributed by atoms with Crippen molar-refractivity contribution < 1.29 is 0 Å². The second-order valence-electron chi connectivity index (χ2n) is 5.52. The third-order valence-electron chi connectivity index (χ3n) is 2.57. The Labute approximate surface area is 78.2 Å². The van der Waals surface area contributed by atoms with Crippen molar-refractivity contribution in [2.24, 2.45) is 5.92 Å². The average Bonchev–Trinajstić information content (AvgIpc) is 1.91. The first-order valence-electron chi connectivity index (χ1n) is 5.20. The maximum absolute atomic E-state index is 2.67. The van der Waals surface area contributed by atoms with E-state index in [-0.39, 0.29) is 0 Å². The summed E-state index contributed by atoms with van der Waals surface area (Å²) in [6, 6.07) is 0. The molecule has 0 saturated carbocycles. The second-order valence-corrected chi connectivity index (χ2v) is 11.0. The zero-order valence-corrected chi connectivity index (χ0v) is 10.1. The predicted molar refractivity (Wildman–Crippen MR) is 58.2 cm³/mol. The van der Waals surface area contributed by atoms with Crippen LogP contribution < -0.4 is 0 Å². The van der Waals surface area contributed by atoms with Gasteiger partial charge in [-0.15, -0.1) is 0 Å². The highest BCUT2D eigenvalue weighted by Gasteiger charge is 2.21. The van der Waals surface area contributed by atoms with Crippen molar-refractivity contribution in [3.63, 3.8) is 0 Å². The number of hydrogen-bond acceptors (Lipinski definition) is 1. The van der Waals surface area contributed by atoms with E-state index in [0.717, 1.165) is 5.92 Å². The van der Waals surface area contributed by atoms with Gasteiger partial charge < -0.3 is 4.90 Å². The molecule has 1 saturated heterocycles. The highest BCUT2D eigenvalue weighted by molar-refractivity contribution is 6.76. The van der Waals surface area contributed by atoms with E-state index in [2.05, 4.69) is 31.5 Å². The van der Waals surface area contributed by atoms with Crippen molar-refractivity contribution in [1.82, 2.24) is 4.90 Å². The van der Waals surface area contributed by atoms with Gasteiger partial charge in [0.1, 0.15) is 0 Å². The lowest BCUT2D eigenvalue weighted by molar-refractivity contribution is 0.216. The van der Waals surface area contributed by atoms with E-state index in [1.165, 1.54) is 32.1 Å². The molecule has 0 aliphatic carbocycles. The minimum Gasteiger partial charge on any atom is -0.306 e. The van der Waals surface area contributed by atoms with Gasteiger partial charge in [0.25, 0.3) is 0 Å². The van der Waals surface area contributed by atoms with Crippen LogP contribution >= 0.6 is 0 Å². The topological polar surface area (TPSA) is 3.24 Å². The van der Waals surface area contributed by atoms with Gasteiger partial charge in [0.2, 0.25) is 0 Å². The Balaban J connectivity index is 2.26. The zero-order chi connectivity index (χ0) is 9.19. The molecule has 0 aromatic heterocycles. The van der Waals surface area contributed by atoms with E-state index in [4.69, 9.17) is 0 Å². The van der Waals surface area contributed by atoms with Crippen molar-refractivity contribution >= 4 is 8.07 Å². The summed E-state index contributed by atoms with van der Waals surface area (Å²) < 4.78 is 0. The fourth-order valence-electron chi connectivity index (χ4n) is 1.89. The molecule has 1 aliphatic rings. The van der Waals surface area contributed by atoms with Crippen LogP contribution in [0.1, 0.15) is 19.8 Å². The monoisotopic (exact) mass is 185 g/mol. The lowest BCUT2D eigenvalue weighted by atomic mass is 10.00. The Morgan fingerprint density at radius 2 is 1.67 bits per heavy atom. The van der Waals surface area contributed by atoms with Gasteiger partial charge in [-0.05, 0) is 38.0 Å². The number of hydrogen-bond donors (Lipinski definition) is 0. The maximum Gasteiger partial charge on any atom is 0.0599 e. The maximum atomic E-state index is 2.67. The van der Waals surface area contributed by atoms with Crippen molar-refractivity contribution in [2.45, 2.75) is 39.4 Å². The molecule has 1 fully saturated rings. The molecular formula is C10H23NSi. The third-order valence-corrected chi connectivity index (χ3v) is 3.97. The second kappa shape index (κ2) is 3.92. The van der Waals surface area contributed by atoms with Crippen LogP contribution in [0.25, 0.3) is 0 Å². The van der Waals surface area contributed by atoms with Crippen molar-refractivity contribution in [3.8, 4) is 0 Å². The molecular weight excluding hydrogens is 162 g/mol. The van der Waals surface area contributed by atoms with Gasteiger partial charge in [0.15, 0.2) is 0 Å². The lowest BCUT2D eigenvalue weighted by Gasteiger charge is -2.34. The molecule has 0 atom stereocenters. The van der Waals surface area contributed by atoms with Crippen LogP contribution in [0, 0.1) is 5.92 Å². The van der Waals surface area contributed by atoms with Gasteiger partial charge in [-0.1, -0.05) is 26.6 Å². The minimum atomic E-state index is -0.841. The van der Waals surface area contributed by atoms with Crippen LogP contribution in [0.15, 0.2) is 0 Å². The molecule has 0 amide bonds. The number of nitrogens with zero attached hydrogens (tertiary/aromatic N) is 1. The first-order valence-corrected chi connectivity index (χ1v) is 8.90. The van der Waals surface area contributed by atoms with Crippen LogP contribution in [0.4, 0.5) is 0 Å². The number of rotatable bonds is 2. The summed E-state index contributed by atoms with van der Waals surface area (Å²) in [6.45, 7) is 12.5. The fraction of sp³-hybridized carbons (Fsp3) is 1.00. The molecule has 72 valence electrons. The number of piperidine rings is 1. The quantitative estimate of drug-likeness (QED) is 0.598. The first kappa shape index (κ1) is 10.3. The smallest absolute Gasteiger partial charge is 0.0599 e. The highest BCUT2D eigenvalue weighted by Crippen LogP contribution is 2.17. The van der Waals surface area contributed by atoms with Crippen LogP contribution in [0.3, 0.4) is 0 Å². The van der Waals surface area contributed by atoms with Crippen LogP contribution in [-0.4, -0.2) is 32.2 Å². The van der Waals surface area contributed by atoms with Crippen LogP contribution in [-0.2, 0) is 0 Å². The fourth-order valence-corrected chi connectivity index (χ4v) is 3.55. The summed E-state index contributed by atoms with van der Waals surface area (Å²) in [7, 11) is -0.841. The molecule has 0 unspecified atom stereocenters. The molecule has 1 rings (SSSR count). The first-order chi connectivity index (χ1) is 5.47. The van der Waals surface area contributed by atoms with Crippen molar-refractivity contribution in [3.05, 3.63) is 0 Å². The Morgan fingerprint density at radius 3 is 2.08 bits per heavy atom. The molecule has 0 radical (unpaired) electrons. The van der Waals surface area contributed by atoms with E-state index in [0.29, 0.717) is 0 Å². The zero-order valence-electron chi connectivity index (χ0n) is 9.06. The van der Waals surface area contributed by atoms with Gasteiger partial charge in [-0.3, -0.25) is 0 Å². The molecule has 0 N–H and O–H groups in total. The van der Waals surface area contributed by atoms with Crippen LogP contribution in [0.2, 0.25) is 19.6 Å². The lowest BCUT2D eigenvalue weighted by Crippen LogP contribution is -2.43. The predicted octanol–water partition coefficient (Wildman–Crippen LogP) is 2.60. The van der Waals surface area contributed by atoms with Gasteiger partial charge in [-0.2, -0.15) is 0 Å². The Morgan fingerprint density at radius 1 is 1.17 bits per heavy atom. The SMILES string of the molecule is CC1CCN(C[Si](C)(C)C)CC1. The van der Waals surface area contributed by atoms with E-state index in [1.807, 2.05) is 0 Å². The molecule has 1 aliphatic heterocycles. The normalized spacial score (nSPS) is 23.0. The molecule has 0 aromatic rings. The van der Waals surface area contributed by atoms with E-state index >= 15 is 0 Å². The Hall–Kier alpha value is 0.177. The highest BCUT2D eigenvalue weighted by atomic mass is 28.3. The van der Waals surface area contributed by atoms with Gasteiger partial charge in [-0.25, -0.2) is 0 Å². The molecule has 0 spiro atoms. The van der Waals surface area contributed by atoms with Crippen molar-refractivity contribution in [2.75, 3.05) is 19.3 Å². The summed E-state index contributed by atoms with van der Waals surface area (Å²) in [4.78, 5) is 2.67. The Bertz CT molecular complexity index is 131. The largest absolute Gasteiger partial charge is 0.306 e. The van der Waals surface area contributed by atoms with Gasteiger partial charge in [0, 0.05) is 0 Å². The molecule has 12 heavy (non-hydrogen) atoms.